The molecule has 0 aliphatic heterocycles. The minimum absolute atomic E-state index is 0.283. The summed E-state index contributed by atoms with van der Waals surface area (Å²) >= 11 is 1.53. The molecule has 0 fully saturated rings. The lowest BCUT2D eigenvalue weighted by Crippen LogP contribution is -1.92. The van der Waals surface area contributed by atoms with E-state index >= 15 is 0 Å². The summed E-state index contributed by atoms with van der Waals surface area (Å²) in [5.74, 6) is 0.179. The van der Waals surface area contributed by atoms with Crippen molar-refractivity contribution >= 4 is 38.3 Å². The number of hydrogen-bond donors (Lipinski definition) is 1. The lowest BCUT2D eigenvalue weighted by atomic mass is 10.0. The highest BCUT2D eigenvalue weighted by Gasteiger charge is 2.13. The zero-order valence-corrected chi connectivity index (χ0v) is 14.9. The molecule has 130 valence electrons. The second-order valence-electron chi connectivity index (χ2n) is 6.17. The molecule has 5 rings (SSSR count). The van der Waals surface area contributed by atoms with Crippen molar-refractivity contribution in [3.05, 3.63) is 72.1 Å². The minimum Gasteiger partial charge on any atom is -0.383 e. The Labute approximate surface area is 158 Å². The van der Waals surface area contributed by atoms with E-state index in [1.165, 1.54) is 23.7 Å². The third-order valence-electron chi connectivity index (χ3n) is 4.55. The molecular weight excluding hydrogens is 359 g/mol. The molecule has 3 heterocycles. The molecule has 0 saturated heterocycles. The summed E-state index contributed by atoms with van der Waals surface area (Å²) in [6.45, 7) is 0. The number of hydrogen-bond acceptors (Lipinski definition) is 5. The molecule has 27 heavy (non-hydrogen) atoms. The molecule has 0 bridgehead atoms. The smallest absolute Gasteiger partial charge is 0.136 e. The van der Waals surface area contributed by atoms with E-state index in [0.29, 0.717) is 17.1 Å². The lowest BCUT2D eigenvalue weighted by molar-refractivity contribution is 0.631. The summed E-state index contributed by atoms with van der Waals surface area (Å²) < 4.78 is 14.1. The van der Waals surface area contributed by atoms with E-state index in [4.69, 9.17) is 5.73 Å². The van der Waals surface area contributed by atoms with E-state index in [-0.39, 0.29) is 5.82 Å². The first-order chi connectivity index (χ1) is 13.2. The Morgan fingerprint density at radius 3 is 2.67 bits per heavy atom. The first-order valence-corrected chi connectivity index (χ1v) is 9.22. The molecule has 0 saturated carbocycles. The van der Waals surface area contributed by atoms with Crippen molar-refractivity contribution in [1.82, 2.24) is 15.0 Å². The standard InChI is InChI=1S/C21H13FN4S/c22-16-4-2-1-3-14(16)17-8-7-12-5-6-13(9-18(12)26-17)15-10-27-21-19(15)20(23)24-11-25-21/h1-11H,(H2,23,24,25). The van der Waals surface area contributed by atoms with Gasteiger partial charge < -0.3 is 5.73 Å². The van der Waals surface area contributed by atoms with Crippen LogP contribution in [0.4, 0.5) is 10.2 Å². The van der Waals surface area contributed by atoms with Crippen LogP contribution in [0.2, 0.25) is 0 Å². The molecule has 0 amide bonds. The number of fused-ring (bicyclic) bond motifs is 2. The van der Waals surface area contributed by atoms with Crippen molar-refractivity contribution in [2.75, 3.05) is 5.73 Å². The highest BCUT2D eigenvalue weighted by molar-refractivity contribution is 7.17. The number of rotatable bonds is 2. The molecule has 0 spiro atoms. The van der Waals surface area contributed by atoms with Gasteiger partial charge in [-0.25, -0.2) is 19.3 Å². The number of nitrogens with two attached hydrogens (primary N) is 1. The van der Waals surface area contributed by atoms with Gasteiger partial charge in [-0.3, -0.25) is 0 Å². The van der Waals surface area contributed by atoms with Crippen molar-refractivity contribution in [3.8, 4) is 22.4 Å². The van der Waals surface area contributed by atoms with Crippen molar-refractivity contribution < 1.29 is 4.39 Å². The molecule has 0 aliphatic rings. The summed E-state index contributed by atoms with van der Waals surface area (Å²) in [6.07, 6.45) is 1.47. The Kier molecular flexibility index (Phi) is 3.58. The van der Waals surface area contributed by atoms with E-state index in [1.807, 2.05) is 35.7 Å². The average Bonchev–Trinajstić information content (AvgIpc) is 3.13. The number of nitrogens with zero attached hydrogens (tertiary/aromatic N) is 3. The third kappa shape index (κ3) is 2.62. The van der Waals surface area contributed by atoms with Crippen LogP contribution in [-0.2, 0) is 0 Å². The topological polar surface area (TPSA) is 64.7 Å². The van der Waals surface area contributed by atoms with Crippen LogP contribution in [-0.4, -0.2) is 15.0 Å². The molecule has 0 radical (unpaired) electrons. The number of thiophene rings is 1. The SMILES string of the molecule is Nc1ncnc2scc(-c3ccc4ccc(-c5ccccc5F)nc4c3)c12. The zero-order valence-electron chi connectivity index (χ0n) is 14.1. The van der Waals surface area contributed by atoms with Crippen LogP contribution in [0, 0.1) is 5.82 Å². The lowest BCUT2D eigenvalue weighted by Gasteiger charge is -2.07. The maximum absolute atomic E-state index is 14.1. The van der Waals surface area contributed by atoms with Gasteiger partial charge in [-0.2, -0.15) is 0 Å². The molecule has 4 nitrogen and oxygen atoms in total. The summed E-state index contributed by atoms with van der Waals surface area (Å²) in [5, 5.41) is 3.87. The summed E-state index contributed by atoms with van der Waals surface area (Å²) in [6, 6.07) is 16.5. The van der Waals surface area contributed by atoms with Gasteiger partial charge in [0.15, 0.2) is 0 Å². The second kappa shape index (κ2) is 6.10. The predicted molar refractivity (Wildman–Crippen MR) is 108 cm³/mol. The van der Waals surface area contributed by atoms with Gasteiger partial charge in [0.25, 0.3) is 0 Å². The van der Waals surface area contributed by atoms with Crippen LogP contribution < -0.4 is 5.73 Å². The van der Waals surface area contributed by atoms with Crippen molar-refractivity contribution in [3.63, 3.8) is 0 Å². The van der Waals surface area contributed by atoms with Crippen molar-refractivity contribution in [2.24, 2.45) is 0 Å². The molecule has 6 heteroatoms. The van der Waals surface area contributed by atoms with Crippen LogP contribution in [0.5, 0.6) is 0 Å². The van der Waals surface area contributed by atoms with Crippen LogP contribution in [0.25, 0.3) is 43.5 Å². The monoisotopic (exact) mass is 372 g/mol. The molecule has 0 aliphatic carbocycles. The molecule has 5 aromatic rings. The Morgan fingerprint density at radius 2 is 1.78 bits per heavy atom. The first kappa shape index (κ1) is 15.8. The van der Waals surface area contributed by atoms with Crippen LogP contribution >= 0.6 is 11.3 Å². The number of benzene rings is 2. The van der Waals surface area contributed by atoms with E-state index in [0.717, 1.165) is 32.2 Å². The van der Waals surface area contributed by atoms with Crippen molar-refractivity contribution in [1.29, 1.82) is 0 Å². The van der Waals surface area contributed by atoms with Crippen molar-refractivity contribution in [2.45, 2.75) is 0 Å². The van der Waals surface area contributed by atoms with E-state index in [2.05, 4.69) is 15.0 Å². The zero-order chi connectivity index (χ0) is 18.4. The fourth-order valence-corrected chi connectivity index (χ4v) is 4.14. The van der Waals surface area contributed by atoms with Gasteiger partial charge in [-0.05, 0) is 29.8 Å². The Balaban J connectivity index is 1.70. The Morgan fingerprint density at radius 1 is 0.926 bits per heavy atom. The van der Waals surface area contributed by atoms with Crippen LogP contribution in [0.1, 0.15) is 0 Å². The first-order valence-electron chi connectivity index (χ1n) is 8.34. The van der Waals surface area contributed by atoms with Gasteiger partial charge in [-0.1, -0.05) is 30.3 Å². The summed E-state index contributed by atoms with van der Waals surface area (Å²) in [7, 11) is 0. The molecule has 2 N–H and O–H groups in total. The van der Waals surface area contributed by atoms with Gasteiger partial charge in [0.1, 0.15) is 22.8 Å². The fraction of sp³-hybridized carbons (Fsp3) is 0. The van der Waals surface area contributed by atoms with Gasteiger partial charge in [0.05, 0.1) is 16.6 Å². The molecule has 0 atom stereocenters. The van der Waals surface area contributed by atoms with E-state index < -0.39 is 0 Å². The normalized spacial score (nSPS) is 11.3. The molecule has 2 aromatic carbocycles. The van der Waals surface area contributed by atoms with Gasteiger partial charge >= 0.3 is 0 Å². The number of anilines is 1. The number of halogens is 1. The quantitative estimate of drug-likeness (QED) is 0.457. The van der Waals surface area contributed by atoms with Crippen LogP contribution in [0.3, 0.4) is 0 Å². The highest BCUT2D eigenvalue weighted by atomic mass is 32.1. The van der Waals surface area contributed by atoms with E-state index in [9.17, 15) is 4.39 Å². The second-order valence-corrected chi connectivity index (χ2v) is 7.03. The maximum atomic E-state index is 14.1. The number of aromatic nitrogens is 3. The molecule has 0 unspecified atom stereocenters. The van der Waals surface area contributed by atoms with Gasteiger partial charge in [-0.15, -0.1) is 11.3 Å². The number of nitrogen functional groups attached to an aromatic ring is 1. The highest BCUT2D eigenvalue weighted by Crippen LogP contribution is 2.36. The fourth-order valence-electron chi connectivity index (χ4n) is 3.21. The minimum atomic E-state index is -0.283. The maximum Gasteiger partial charge on any atom is 0.136 e. The number of pyridine rings is 1. The molecular formula is C21H13FN4S. The van der Waals surface area contributed by atoms with E-state index in [1.54, 1.807) is 18.2 Å². The van der Waals surface area contributed by atoms with Gasteiger partial charge in [0, 0.05) is 21.9 Å². The summed E-state index contributed by atoms with van der Waals surface area (Å²) in [4.78, 5) is 13.9. The summed E-state index contributed by atoms with van der Waals surface area (Å²) in [5.41, 5.74) is 9.92. The third-order valence-corrected chi connectivity index (χ3v) is 5.44. The largest absolute Gasteiger partial charge is 0.383 e. The molecule has 3 aromatic heterocycles. The average molecular weight is 372 g/mol. The Hall–Kier alpha value is -3.38. The predicted octanol–water partition coefficient (Wildman–Crippen LogP) is 5.29. The van der Waals surface area contributed by atoms with Crippen LogP contribution in [0.15, 0.2) is 66.3 Å². The Bertz CT molecular complexity index is 1310. The van der Waals surface area contributed by atoms with Gasteiger partial charge in [0.2, 0.25) is 0 Å².